The molecule has 2 nitrogen and oxygen atoms in total. The Morgan fingerprint density at radius 2 is 1.21 bits per heavy atom. The van der Waals surface area contributed by atoms with Crippen LogP contribution in [0.5, 0.6) is 0 Å². The Balaban J connectivity index is 1.65. The van der Waals surface area contributed by atoms with Crippen molar-refractivity contribution in [2.24, 2.45) is 5.92 Å². The van der Waals surface area contributed by atoms with E-state index in [-0.39, 0.29) is 6.10 Å². The van der Waals surface area contributed by atoms with Crippen molar-refractivity contribution < 1.29 is 9.67 Å². The van der Waals surface area contributed by atoms with Gasteiger partial charge in [-0.15, -0.1) is 0 Å². The predicted octanol–water partition coefficient (Wildman–Crippen LogP) is 4.42. The number of hydrogen-bond acceptors (Lipinski definition) is 2. The molecule has 1 aliphatic rings. The summed E-state index contributed by atoms with van der Waals surface area (Å²) in [5.41, 5.74) is 1.11. The molecule has 0 unspecified atom stereocenters. The number of aliphatic hydroxyl groups is 1. The zero-order chi connectivity index (χ0) is 19.4. The van der Waals surface area contributed by atoms with Gasteiger partial charge in [0, 0.05) is 15.9 Å². The van der Waals surface area contributed by atoms with Gasteiger partial charge in [0.1, 0.15) is 0 Å². The van der Waals surface area contributed by atoms with Crippen molar-refractivity contribution in [3.63, 3.8) is 0 Å². The highest BCUT2D eigenvalue weighted by molar-refractivity contribution is 7.85. The minimum Gasteiger partial charge on any atom is -0.392 e. The highest BCUT2D eigenvalue weighted by atomic mass is 31.2. The van der Waals surface area contributed by atoms with E-state index in [2.05, 4.69) is 0 Å². The minimum atomic E-state index is -2.91. The molecule has 1 aliphatic carbocycles. The lowest BCUT2D eigenvalue weighted by molar-refractivity contribution is 0.111. The summed E-state index contributed by atoms with van der Waals surface area (Å²) >= 11 is 0. The predicted molar refractivity (Wildman–Crippen MR) is 118 cm³/mol. The molecule has 0 aromatic heterocycles. The summed E-state index contributed by atoms with van der Waals surface area (Å²) in [7, 11) is -2.91. The monoisotopic (exact) mass is 390 g/mol. The molecule has 3 aromatic carbocycles. The Hall–Kier alpha value is -2.15. The first kappa shape index (κ1) is 19.2. The molecule has 144 valence electrons. The molecule has 4 rings (SSSR count). The molecule has 0 saturated heterocycles. The Kier molecular flexibility index (Phi) is 5.80. The summed E-state index contributed by atoms with van der Waals surface area (Å²) in [5, 5.41) is 13.1. The minimum absolute atomic E-state index is 0.275. The van der Waals surface area contributed by atoms with E-state index in [0.717, 1.165) is 34.3 Å². The molecular weight excluding hydrogens is 363 g/mol. The first-order valence-corrected chi connectivity index (χ1v) is 11.9. The number of hydrogen-bond donors (Lipinski definition) is 1. The zero-order valence-electron chi connectivity index (χ0n) is 16.1. The van der Waals surface area contributed by atoms with Crippen LogP contribution in [-0.2, 0) is 11.0 Å². The van der Waals surface area contributed by atoms with Crippen LogP contribution in [0.15, 0.2) is 84.9 Å². The summed E-state index contributed by atoms with van der Waals surface area (Å²) < 4.78 is 14.3. The van der Waals surface area contributed by atoms with Crippen molar-refractivity contribution in [2.75, 3.05) is 0 Å². The normalized spacial score (nSPS) is 16.2. The van der Waals surface area contributed by atoms with Crippen LogP contribution in [-0.4, -0.2) is 11.2 Å². The molecule has 1 atom stereocenters. The Labute approximate surface area is 167 Å². The second-order valence-corrected chi connectivity index (χ2v) is 10.5. The van der Waals surface area contributed by atoms with Gasteiger partial charge in [0.2, 0.25) is 0 Å². The molecule has 3 aromatic rings. The molecule has 1 N–H and O–H groups in total. The standard InChI is InChI=1S/C25H27O2P/c26-25(21-9-7-8-10-21)19-20-15-17-24(18-16-20)28(27,22-11-3-1-4-12-22)23-13-5-2-6-14-23/h1-6,11-18,21,25-26H,7-10,19H2/t25-/m1/s1. The molecular formula is C25H27O2P. The lowest BCUT2D eigenvalue weighted by Gasteiger charge is -2.21. The summed E-state index contributed by atoms with van der Waals surface area (Å²) in [4.78, 5) is 0. The van der Waals surface area contributed by atoms with E-state index in [4.69, 9.17) is 0 Å². The first-order valence-electron chi connectivity index (χ1n) is 10.2. The van der Waals surface area contributed by atoms with E-state index in [0.29, 0.717) is 12.3 Å². The Morgan fingerprint density at radius 3 is 1.71 bits per heavy atom. The fraction of sp³-hybridized carbons (Fsp3) is 0.280. The van der Waals surface area contributed by atoms with E-state index < -0.39 is 7.14 Å². The van der Waals surface area contributed by atoms with Crippen molar-refractivity contribution in [1.82, 2.24) is 0 Å². The van der Waals surface area contributed by atoms with Gasteiger partial charge < -0.3 is 9.67 Å². The van der Waals surface area contributed by atoms with Crippen molar-refractivity contribution in [3.05, 3.63) is 90.5 Å². The second-order valence-electron chi connectivity index (χ2n) is 7.76. The average molecular weight is 390 g/mol. The van der Waals surface area contributed by atoms with E-state index in [1.54, 1.807) is 0 Å². The van der Waals surface area contributed by atoms with Crippen molar-refractivity contribution in [2.45, 2.75) is 38.2 Å². The first-order chi connectivity index (χ1) is 13.7. The average Bonchev–Trinajstić information content (AvgIpc) is 3.30. The third-order valence-electron chi connectivity index (χ3n) is 5.93. The fourth-order valence-corrected chi connectivity index (χ4v) is 6.96. The van der Waals surface area contributed by atoms with Gasteiger partial charge >= 0.3 is 0 Å². The number of benzene rings is 3. The third-order valence-corrected chi connectivity index (χ3v) is 9.00. The largest absolute Gasteiger partial charge is 0.392 e. The highest BCUT2D eigenvalue weighted by Crippen LogP contribution is 2.42. The SMILES string of the molecule is O=P(c1ccccc1)(c1ccccc1)c1ccc(C[C@@H](O)C2CCCC2)cc1. The summed E-state index contributed by atoms with van der Waals surface area (Å²) in [6, 6.07) is 27.5. The van der Waals surface area contributed by atoms with Crippen LogP contribution in [0, 0.1) is 5.92 Å². The zero-order valence-corrected chi connectivity index (χ0v) is 17.0. The lowest BCUT2D eigenvalue weighted by Crippen LogP contribution is -2.25. The topological polar surface area (TPSA) is 37.3 Å². The van der Waals surface area contributed by atoms with Crippen LogP contribution < -0.4 is 15.9 Å². The van der Waals surface area contributed by atoms with Gasteiger partial charge in [-0.1, -0.05) is 97.8 Å². The van der Waals surface area contributed by atoms with Crippen LogP contribution >= 0.6 is 7.14 Å². The maximum absolute atomic E-state index is 14.3. The second kappa shape index (κ2) is 8.47. The molecule has 0 amide bonds. The summed E-state index contributed by atoms with van der Waals surface area (Å²) in [5.74, 6) is 0.430. The smallest absolute Gasteiger partial charge is 0.171 e. The maximum Gasteiger partial charge on any atom is 0.171 e. The van der Waals surface area contributed by atoms with Crippen LogP contribution in [0.25, 0.3) is 0 Å². The summed E-state index contributed by atoms with van der Waals surface area (Å²) in [6.07, 6.45) is 5.14. The maximum atomic E-state index is 14.3. The van der Waals surface area contributed by atoms with E-state index >= 15 is 0 Å². The molecule has 28 heavy (non-hydrogen) atoms. The van der Waals surface area contributed by atoms with Crippen molar-refractivity contribution >= 4 is 23.1 Å². The molecule has 1 saturated carbocycles. The van der Waals surface area contributed by atoms with E-state index in [1.807, 2.05) is 84.9 Å². The van der Waals surface area contributed by atoms with Crippen LogP contribution in [0.1, 0.15) is 31.2 Å². The van der Waals surface area contributed by atoms with Gasteiger partial charge in [-0.05, 0) is 30.7 Å². The van der Waals surface area contributed by atoms with Crippen LogP contribution in [0.3, 0.4) is 0 Å². The highest BCUT2D eigenvalue weighted by Gasteiger charge is 2.29. The third kappa shape index (κ3) is 3.85. The van der Waals surface area contributed by atoms with E-state index in [9.17, 15) is 9.67 Å². The number of rotatable bonds is 6. The quantitative estimate of drug-likeness (QED) is 0.633. The molecule has 0 radical (unpaired) electrons. The molecule has 1 fully saturated rings. The van der Waals surface area contributed by atoms with Crippen molar-refractivity contribution in [3.8, 4) is 0 Å². The fourth-order valence-electron chi connectivity index (χ4n) is 4.32. The van der Waals surface area contributed by atoms with Gasteiger partial charge in [-0.3, -0.25) is 0 Å². The van der Waals surface area contributed by atoms with Crippen molar-refractivity contribution in [1.29, 1.82) is 0 Å². The Bertz CT molecular complexity index is 886. The van der Waals surface area contributed by atoms with Crippen LogP contribution in [0.4, 0.5) is 0 Å². The van der Waals surface area contributed by atoms with Gasteiger partial charge in [-0.25, -0.2) is 0 Å². The van der Waals surface area contributed by atoms with Gasteiger partial charge in [0.05, 0.1) is 6.10 Å². The lowest BCUT2D eigenvalue weighted by atomic mass is 9.95. The molecule has 0 bridgehead atoms. The Morgan fingerprint density at radius 1 is 0.750 bits per heavy atom. The van der Waals surface area contributed by atoms with E-state index in [1.165, 1.54) is 12.8 Å². The van der Waals surface area contributed by atoms with Gasteiger partial charge in [0.15, 0.2) is 7.14 Å². The summed E-state index contributed by atoms with van der Waals surface area (Å²) in [6.45, 7) is 0. The molecule has 0 aliphatic heterocycles. The molecule has 0 spiro atoms. The van der Waals surface area contributed by atoms with Gasteiger partial charge in [0.25, 0.3) is 0 Å². The number of aliphatic hydroxyl groups excluding tert-OH is 1. The van der Waals surface area contributed by atoms with Gasteiger partial charge in [-0.2, -0.15) is 0 Å². The molecule has 3 heteroatoms. The molecule has 0 heterocycles. The van der Waals surface area contributed by atoms with Crippen LogP contribution in [0.2, 0.25) is 0 Å².